The molecule has 7 nitrogen and oxygen atoms in total. The Hall–Kier alpha value is -3.20. The van der Waals surface area contributed by atoms with Gasteiger partial charge in [0, 0.05) is 19.2 Å². The molecule has 3 aromatic heterocycles. The Morgan fingerprint density at radius 2 is 2.18 bits per heavy atom. The van der Waals surface area contributed by atoms with Crippen molar-refractivity contribution in [2.75, 3.05) is 4.90 Å². The van der Waals surface area contributed by atoms with Crippen molar-refractivity contribution in [3.05, 3.63) is 65.8 Å². The Bertz CT molecular complexity index is 1170. The first-order valence-corrected chi connectivity index (χ1v) is 9.70. The van der Waals surface area contributed by atoms with Crippen LogP contribution in [0.3, 0.4) is 0 Å². The second-order valence-electron chi connectivity index (χ2n) is 6.52. The molecule has 0 atom stereocenters. The molecule has 140 valence electrons. The van der Waals surface area contributed by atoms with Gasteiger partial charge in [0.15, 0.2) is 5.13 Å². The van der Waals surface area contributed by atoms with Gasteiger partial charge in [-0.1, -0.05) is 17.4 Å². The number of hydrogen-bond acceptors (Lipinski definition) is 6. The van der Waals surface area contributed by atoms with E-state index in [1.165, 1.54) is 23.5 Å². The SMILES string of the molecule is O=C(c1nnc2n1CCC2)N(Cc1ccccn1)c1nc2ccc(F)cc2s1. The van der Waals surface area contributed by atoms with E-state index in [0.717, 1.165) is 30.9 Å². The van der Waals surface area contributed by atoms with Gasteiger partial charge < -0.3 is 4.57 Å². The normalized spacial score (nSPS) is 13.0. The van der Waals surface area contributed by atoms with Crippen LogP contribution in [-0.4, -0.2) is 30.6 Å². The monoisotopic (exact) mass is 394 g/mol. The highest BCUT2D eigenvalue weighted by molar-refractivity contribution is 7.22. The third kappa shape index (κ3) is 2.93. The summed E-state index contributed by atoms with van der Waals surface area (Å²) in [4.78, 5) is 23.8. The van der Waals surface area contributed by atoms with Crippen molar-refractivity contribution >= 4 is 32.6 Å². The molecule has 9 heteroatoms. The van der Waals surface area contributed by atoms with Gasteiger partial charge in [0.25, 0.3) is 5.91 Å². The minimum Gasteiger partial charge on any atom is -0.307 e. The Morgan fingerprint density at radius 3 is 3.04 bits per heavy atom. The van der Waals surface area contributed by atoms with Crippen molar-refractivity contribution in [3.63, 3.8) is 0 Å². The van der Waals surface area contributed by atoms with Crippen LogP contribution in [0.1, 0.15) is 28.6 Å². The lowest BCUT2D eigenvalue weighted by atomic mass is 10.3. The van der Waals surface area contributed by atoms with Crippen LogP contribution in [0, 0.1) is 5.82 Å². The number of benzene rings is 1. The van der Waals surface area contributed by atoms with Crippen molar-refractivity contribution in [2.24, 2.45) is 0 Å². The topological polar surface area (TPSA) is 76.8 Å². The molecular formula is C19H15FN6OS. The average molecular weight is 394 g/mol. The van der Waals surface area contributed by atoms with Crippen molar-refractivity contribution in [2.45, 2.75) is 25.9 Å². The first-order valence-electron chi connectivity index (χ1n) is 8.89. The molecule has 0 aliphatic carbocycles. The number of aromatic nitrogens is 5. The first-order chi connectivity index (χ1) is 13.7. The van der Waals surface area contributed by atoms with E-state index in [1.54, 1.807) is 17.2 Å². The van der Waals surface area contributed by atoms with Crippen LogP contribution in [0.15, 0.2) is 42.6 Å². The summed E-state index contributed by atoms with van der Waals surface area (Å²) in [6, 6.07) is 9.94. The third-order valence-electron chi connectivity index (χ3n) is 4.66. The van der Waals surface area contributed by atoms with Crippen LogP contribution in [0.4, 0.5) is 9.52 Å². The van der Waals surface area contributed by atoms with Crippen LogP contribution in [0.2, 0.25) is 0 Å². The van der Waals surface area contributed by atoms with E-state index >= 15 is 0 Å². The van der Waals surface area contributed by atoms with E-state index in [0.29, 0.717) is 21.2 Å². The van der Waals surface area contributed by atoms with Gasteiger partial charge in [0.05, 0.1) is 22.5 Å². The highest BCUT2D eigenvalue weighted by Crippen LogP contribution is 2.31. The summed E-state index contributed by atoms with van der Waals surface area (Å²) < 4.78 is 16.1. The van der Waals surface area contributed by atoms with Crippen molar-refractivity contribution in [3.8, 4) is 0 Å². The second kappa shape index (κ2) is 6.75. The van der Waals surface area contributed by atoms with Crippen LogP contribution in [0.25, 0.3) is 10.2 Å². The van der Waals surface area contributed by atoms with E-state index in [4.69, 9.17) is 0 Å². The van der Waals surface area contributed by atoms with Gasteiger partial charge in [-0.3, -0.25) is 14.7 Å². The summed E-state index contributed by atoms with van der Waals surface area (Å²) in [5, 5.41) is 8.73. The van der Waals surface area contributed by atoms with Gasteiger partial charge in [-0.15, -0.1) is 10.2 Å². The molecule has 0 bridgehead atoms. The number of nitrogens with zero attached hydrogens (tertiary/aromatic N) is 6. The quantitative estimate of drug-likeness (QED) is 0.531. The molecule has 1 aliphatic heterocycles. The fraction of sp³-hybridized carbons (Fsp3) is 0.211. The summed E-state index contributed by atoms with van der Waals surface area (Å²) in [6.07, 6.45) is 3.45. The number of pyridine rings is 1. The number of rotatable bonds is 4. The molecule has 0 unspecified atom stereocenters. The predicted octanol–water partition coefficient (Wildman–Crippen LogP) is 3.22. The minimum absolute atomic E-state index is 0.240. The second-order valence-corrected chi connectivity index (χ2v) is 7.52. The number of carbonyl (C=O) groups excluding carboxylic acids is 1. The molecule has 5 rings (SSSR count). The van der Waals surface area contributed by atoms with Crippen molar-refractivity contribution < 1.29 is 9.18 Å². The molecule has 0 saturated heterocycles. The third-order valence-corrected chi connectivity index (χ3v) is 5.70. The Morgan fingerprint density at radius 1 is 1.25 bits per heavy atom. The lowest BCUT2D eigenvalue weighted by Crippen LogP contribution is -2.33. The maximum Gasteiger partial charge on any atom is 0.298 e. The molecule has 1 aliphatic rings. The zero-order valence-electron chi connectivity index (χ0n) is 14.7. The number of aryl methyl sites for hydroxylation is 1. The molecule has 4 heterocycles. The first kappa shape index (κ1) is 16.9. The zero-order valence-corrected chi connectivity index (χ0v) is 15.6. The van der Waals surface area contributed by atoms with Gasteiger partial charge in [-0.2, -0.15) is 0 Å². The summed E-state index contributed by atoms with van der Waals surface area (Å²) >= 11 is 1.27. The van der Waals surface area contributed by atoms with Gasteiger partial charge >= 0.3 is 0 Å². The summed E-state index contributed by atoms with van der Waals surface area (Å²) in [5.74, 6) is 0.507. The number of carbonyl (C=O) groups is 1. The minimum atomic E-state index is -0.333. The highest BCUT2D eigenvalue weighted by Gasteiger charge is 2.29. The van der Waals surface area contributed by atoms with Gasteiger partial charge in [0.2, 0.25) is 5.82 Å². The smallest absolute Gasteiger partial charge is 0.298 e. The van der Waals surface area contributed by atoms with Gasteiger partial charge in [0.1, 0.15) is 11.6 Å². The maximum absolute atomic E-state index is 13.6. The number of thiazole rings is 1. The van der Waals surface area contributed by atoms with E-state index in [1.807, 2.05) is 22.8 Å². The number of hydrogen-bond donors (Lipinski definition) is 0. The van der Waals surface area contributed by atoms with E-state index in [9.17, 15) is 9.18 Å². The number of halogens is 1. The fourth-order valence-electron chi connectivity index (χ4n) is 3.31. The highest BCUT2D eigenvalue weighted by atomic mass is 32.1. The zero-order chi connectivity index (χ0) is 19.1. The molecule has 28 heavy (non-hydrogen) atoms. The summed E-state index contributed by atoms with van der Waals surface area (Å²) in [7, 11) is 0. The van der Waals surface area contributed by atoms with Crippen LogP contribution in [0.5, 0.6) is 0 Å². The lowest BCUT2D eigenvalue weighted by Gasteiger charge is -2.19. The number of fused-ring (bicyclic) bond motifs is 2. The maximum atomic E-state index is 13.6. The Balaban J connectivity index is 1.58. The van der Waals surface area contributed by atoms with E-state index in [-0.39, 0.29) is 18.3 Å². The van der Waals surface area contributed by atoms with Gasteiger partial charge in [-0.05, 0) is 36.8 Å². The molecule has 0 N–H and O–H groups in total. The molecule has 4 aromatic rings. The largest absolute Gasteiger partial charge is 0.307 e. The average Bonchev–Trinajstić information content (AvgIpc) is 3.41. The Kier molecular flexibility index (Phi) is 4.09. The standard InChI is InChI=1S/C19H15FN6OS/c20-12-6-7-14-15(10-12)28-19(22-14)26(11-13-4-1-2-8-21-13)18(27)17-24-23-16-5-3-9-25(16)17/h1-2,4,6-8,10H,3,5,9,11H2. The van der Waals surface area contributed by atoms with Crippen molar-refractivity contribution in [1.29, 1.82) is 0 Å². The van der Waals surface area contributed by atoms with E-state index in [2.05, 4.69) is 20.2 Å². The summed E-state index contributed by atoms with van der Waals surface area (Å²) in [5.41, 5.74) is 1.37. The Labute approximate surface area is 163 Å². The number of amides is 1. The van der Waals surface area contributed by atoms with Crippen molar-refractivity contribution in [1.82, 2.24) is 24.7 Å². The molecule has 1 amide bonds. The van der Waals surface area contributed by atoms with Gasteiger partial charge in [-0.25, -0.2) is 9.37 Å². The van der Waals surface area contributed by atoms with E-state index < -0.39 is 0 Å². The van der Waals surface area contributed by atoms with Crippen LogP contribution in [-0.2, 0) is 19.5 Å². The molecule has 1 aromatic carbocycles. The molecule has 0 spiro atoms. The fourth-order valence-corrected chi connectivity index (χ4v) is 4.30. The molecule has 0 saturated carbocycles. The molecule has 0 fully saturated rings. The predicted molar refractivity (Wildman–Crippen MR) is 103 cm³/mol. The van der Waals surface area contributed by atoms with Crippen LogP contribution < -0.4 is 4.90 Å². The van der Waals surface area contributed by atoms with Crippen LogP contribution >= 0.6 is 11.3 Å². The molecular weight excluding hydrogens is 379 g/mol. The lowest BCUT2D eigenvalue weighted by molar-refractivity contribution is 0.0970. The summed E-state index contributed by atoms with van der Waals surface area (Å²) in [6.45, 7) is 0.968. The molecule has 0 radical (unpaired) electrons. The number of anilines is 1.